The van der Waals surface area contributed by atoms with Crippen molar-refractivity contribution in [3.8, 4) is 0 Å². The standard InChI is InChI=1S/C12H10F3N3OS/c1-16-12-18-6(5-20-12)4-17-11(19)7-2-3-8(13)10(15)9(7)14/h2-3,5H,4H2,1H3,(H,16,18)(H,17,19). The van der Waals surface area contributed by atoms with Crippen molar-refractivity contribution in [2.24, 2.45) is 0 Å². The lowest BCUT2D eigenvalue weighted by Crippen LogP contribution is -2.24. The zero-order chi connectivity index (χ0) is 14.7. The fourth-order valence-corrected chi connectivity index (χ4v) is 2.14. The number of amides is 1. The number of anilines is 1. The summed E-state index contributed by atoms with van der Waals surface area (Å²) in [7, 11) is 1.71. The molecule has 0 saturated carbocycles. The summed E-state index contributed by atoms with van der Waals surface area (Å²) >= 11 is 1.35. The Morgan fingerprint density at radius 2 is 2.05 bits per heavy atom. The van der Waals surface area contributed by atoms with E-state index in [0.29, 0.717) is 16.9 Å². The second kappa shape index (κ2) is 5.91. The highest BCUT2D eigenvalue weighted by molar-refractivity contribution is 7.13. The molecule has 0 saturated heterocycles. The maximum absolute atomic E-state index is 13.4. The van der Waals surface area contributed by atoms with Crippen LogP contribution in [-0.4, -0.2) is 17.9 Å². The fourth-order valence-electron chi connectivity index (χ4n) is 1.47. The lowest BCUT2D eigenvalue weighted by molar-refractivity contribution is 0.0945. The fraction of sp³-hybridized carbons (Fsp3) is 0.167. The van der Waals surface area contributed by atoms with Crippen LogP contribution in [0.4, 0.5) is 18.3 Å². The molecule has 0 aliphatic rings. The van der Waals surface area contributed by atoms with Crippen molar-refractivity contribution in [2.75, 3.05) is 12.4 Å². The third-order valence-corrected chi connectivity index (χ3v) is 3.38. The molecule has 1 aromatic heterocycles. The van der Waals surface area contributed by atoms with Gasteiger partial charge in [0.2, 0.25) is 0 Å². The monoisotopic (exact) mass is 301 g/mol. The van der Waals surface area contributed by atoms with E-state index in [1.807, 2.05) is 0 Å². The number of halogens is 3. The van der Waals surface area contributed by atoms with E-state index in [9.17, 15) is 18.0 Å². The molecule has 2 N–H and O–H groups in total. The number of hydrogen-bond donors (Lipinski definition) is 2. The molecule has 2 rings (SSSR count). The lowest BCUT2D eigenvalue weighted by atomic mass is 10.2. The maximum atomic E-state index is 13.4. The summed E-state index contributed by atoms with van der Waals surface area (Å²) in [6, 6.07) is 1.60. The minimum absolute atomic E-state index is 0.0649. The molecule has 1 aromatic carbocycles. The first kappa shape index (κ1) is 14.3. The molecule has 1 heterocycles. The third-order valence-electron chi connectivity index (χ3n) is 2.48. The average molecular weight is 301 g/mol. The number of benzene rings is 1. The number of aromatic nitrogens is 1. The predicted molar refractivity (Wildman–Crippen MR) is 69.1 cm³/mol. The minimum Gasteiger partial charge on any atom is -0.365 e. The van der Waals surface area contributed by atoms with Crippen molar-refractivity contribution >= 4 is 22.4 Å². The Labute approximate surface area is 116 Å². The van der Waals surface area contributed by atoms with E-state index >= 15 is 0 Å². The molecule has 0 atom stereocenters. The summed E-state index contributed by atoms with van der Waals surface area (Å²) in [4.78, 5) is 15.8. The Bertz CT molecular complexity index is 645. The summed E-state index contributed by atoms with van der Waals surface area (Å²) in [5.74, 6) is -5.34. The maximum Gasteiger partial charge on any atom is 0.254 e. The van der Waals surface area contributed by atoms with E-state index in [0.717, 1.165) is 6.07 Å². The van der Waals surface area contributed by atoms with Gasteiger partial charge in [-0.25, -0.2) is 18.2 Å². The molecule has 0 fully saturated rings. The molecule has 0 radical (unpaired) electrons. The molecule has 0 aliphatic carbocycles. The second-order valence-corrected chi connectivity index (χ2v) is 4.66. The van der Waals surface area contributed by atoms with Crippen LogP contribution in [0.15, 0.2) is 17.5 Å². The number of nitrogens with one attached hydrogen (secondary N) is 2. The van der Waals surface area contributed by atoms with Crippen LogP contribution in [0.1, 0.15) is 16.1 Å². The first-order valence-corrected chi connectivity index (χ1v) is 6.44. The van der Waals surface area contributed by atoms with E-state index in [1.54, 1.807) is 12.4 Å². The Kier molecular flexibility index (Phi) is 4.23. The van der Waals surface area contributed by atoms with Gasteiger partial charge in [-0.1, -0.05) is 0 Å². The normalized spacial score (nSPS) is 10.4. The van der Waals surface area contributed by atoms with E-state index in [2.05, 4.69) is 15.6 Å². The molecule has 20 heavy (non-hydrogen) atoms. The minimum atomic E-state index is -1.66. The highest BCUT2D eigenvalue weighted by Crippen LogP contribution is 2.16. The van der Waals surface area contributed by atoms with Crippen molar-refractivity contribution < 1.29 is 18.0 Å². The molecule has 106 valence electrons. The molecule has 8 heteroatoms. The topological polar surface area (TPSA) is 54.0 Å². The van der Waals surface area contributed by atoms with Crippen LogP contribution in [0.25, 0.3) is 0 Å². The predicted octanol–water partition coefficient (Wildman–Crippen LogP) is 2.53. The van der Waals surface area contributed by atoms with E-state index in [4.69, 9.17) is 0 Å². The number of carbonyl (C=O) groups excluding carboxylic acids is 1. The molecule has 0 unspecified atom stereocenters. The van der Waals surface area contributed by atoms with Gasteiger partial charge in [-0.15, -0.1) is 11.3 Å². The summed E-state index contributed by atoms with van der Waals surface area (Å²) < 4.78 is 39.2. The van der Waals surface area contributed by atoms with Crippen LogP contribution in [0.3, 0.4) is 0 Å². The molecular formula is C12H10F3N3OS. The van der Waals surface area contributed by atoms with Gasteiger partial charge in [0.15, 0.2) is 22.6 Å². The first-order valence-electron chi connectivity index (χ1n) is 5.56. The third kappa shape index (κ3) is 2.90. The van der Waals surface area contributed by atoms with E-state index in [1.165, 1.54) is 11.3 Å². The second-order valence-electron chi connectivity index (χ2n) is 3.80. The van der Waals surface area contributed by atoms with Crippen molar-refractivity contribution in [3.63, 3.8) is 0 Å². The van der Waals surface area contributed by atoms with Crippen molar-refractivity contribution in [3.05, 3.63) is 46.2 Å². The summed E-state index contributed by atoms with van der Waals surface area (Å²) in [6.07, 6.45) is 0. The first-order chi connectivity index (χ1) is 9.52. The molecule has 0 bridgehead atoms. The van der Waals surface area contributed by atoms with E-state index < -0.39 is 28.9 Å². The van der Waals surface area contributed by atoms with Gasteiger partial charge in [-0.2, -0.15) is 0 Å². The van der Waals surface area contributed by atoms with Gasteiger partial charge in [0.1, 0.15) is 0 Å². The Balaban J connectivity index is 2.07. The van der Waals surface area contributed by atoms with Crippen LogP contribution in [0.2, 0.25) is 0 Å². The van der Waals surface area contributed by atoms with Crippen LogP contribution in [0, 0.1) is 17.5 Å². The van der Waals surface area contributed by atoms with Gasteiger partial charge < -0.3 is 10.6 Å². The zero-order valence-electron chi connectivity index (χ0n) is 10.3. The van der Waals surface area contributed by atoms with Gasteiger partial charge in [-0.3, -0.25) is 4.79 Å². The van der Waals surface area contributed by atoms with Crippen molar-refractivity contribution in [1.82, 2.24) is 10.3 Å². The van der Waals surface area contributed by atoms with Gasteiger partial charge in [-0.05, 0) is 12.1 Å². The quantitative estimate of drug-likeness (QED) is 0.853. The molecule has 4 nitrogen and oxygen atoms in total. The highest BCUT2D eigenvalue weighted by atomic mass is 32.1. The Morgan fingerprint density at radius 1 is 1.30 bits per heavy atom. The van der Waals surface area contributed by atoms with Gasteiger partial charge >= 0.3 is 0 Å². The molecule has 1 amide bonds. The number of thiazole rings is 1. The summed E-state index contributed by atoms with van der Waals surface area (Å²) in [5, 5.41) is 7.61. The largest absolute Gasteiger partial charge is 0.365 e. The number of rotatable bonds is 4. The molecule has 2 aromatic rings. The van der Waals surface area contributed by atoms with Crippen LogP contribution in [0.5, 0.6) is 0 Å². The van der Waals surface area contributed by atoms with Crippen LogP contribution < -0.4 is 10.6 Å². The number of hydrogen-bond acceptors (Lipinski definition) is 4. The van der Waals surface area contributed by atoms with Crippen LogP contribution >= 0.6 is 11.3 Å². The molecular weight excluding hydrogens is 291 g/mol. The highest BCUT2D eigenvalue weighted by Gasteiger charge is 2.18. The van der Waals surface area contributed by atoms with E-state index in [-0.39, 0.29) is 6.54 Å². The zero-order valence-corrected chi connectivity index (χ0v) is 11.2. The van der Waals surface area contributed by atoms with Gasteiger partial charge in [0.25, 0.3) is 5.91 Å². The van der Waals surface area contributed by atoms with Crippen LogP contribution in [-0.2, 0) is 6.54 Å². The summed E-state index contributed by atoms with van der Waals surface area (Å²) in [6.45, 7) is 0.0649. The van der Waals surface area contributed by atoms with Gasteiger partial charge in [0.05, 0.1) is 17.8 Å². The summed E-state index contributed by atoms with van der Waals surface area (Å²) in [5.41, 5.74) is 0.0312. The Hall–Kier alpha value is -2.09. The average Bonchev–Trinajstić information content (AvgIpc) is 2.90. The SMILES string of the molecule is CNc1nc(CNC(=O)c2ccc(F)c(F)c2F)cs1. The smallest absolute Gasteiger partial charge is 0.254 e. The lowest BCUT2D eigenvalue weighted by Gasteiger charge is -2.05. The van der Waals surface area contributed by atoms with Crippen molar-refractivity contribution in [2.45, 2.75) is 6.54 Å². The number of carbonyl (C=O) groups is 1. The van der Waals surface area contributed by atoms with Gasteiger partial charge in [0, 0.05) is 12.4 Å². The Morgan fingerprint density at radius 3 is 2.70 bits per heavy atom. The number of nitrogens with zero attached hydrogens (tertiary/aromatic N) is 1. The molecule has 0 spiro atoms. The molecule has 0 aliphatic heterocycles. The van der Waals surface area contributed by atoms with Crippen molar-refractivity contribution in [1.29, 1.82) is 0 Å².